The highest BCUT2D eigenvalue weighted by Crippen LogP contribution is 2.24. The summed E-state index contributed by atoms with van der Waals surface area (Å²) in [5.41, 5.74) is 9.64. The lowest BCUT2D eigenvalue weighted by Gasteiger charge is -2.06. The van der Waals surface area contributed by atoms with E-state index in [1.54, 1.807) is 4.68 Å². The molecule has 0 amide bonds. The van der Waals surface area contributed by atoms with Crippen LogP contribution in [-0.4, -0.2) is 19.3 Å². The van der Waals surface area contributed by atoms with E-state index in [0.717, 1.165) is 22.5 Å². The predicted molar refractivity (Wildman–Crippen MR) is 67.0 cm³/mol. The summed E-state index contributed by atoms with van der Waals surface area (Å²) in [4.78, 5) is 4.37. The molecule has 2 N–H and O–H groups in total. The van der Waals surface area contributed by atoms with Crippen molar-refractivity contribution in [2.45, 2.75) is 6.92 Å². The van der Waals surface area contributed by atoms with E-state index in [1.807, 2.05) is 48.9 Å². The molecule has 1 aromatic carbocycles. The largest absolute Gasteiger partial charge is 0.369 e. The molecular formula is C12H13N5. The second-order valence-corrected chi connectivity index (χ2v) is 4.02. The van der Waals surface area contributed by atoms with E-state index < -0.39 is 0 Å². The van der Waals surface area contributed by atoms with E-state index >= 15 is 0 Å². The van der Waals surface area contributed by atoms with Crippen LogP contribution in [0.15, 0.2) is 30.3 Å². The van der Waals surface area contributed by atoms with Gasteiger partial charge in [-0.15, -0.1) is 0 Å². The van der Waals surface area contributed by atoms with Crippen molar-refractivity contribution in [2.75, 3.05) is 5.73 Å². The van der Waals surface area contributed by atoms with Gasteiger partial charge in [0.25, 0.3) is 0 Å². The lowest BCUT2D eigenvalue weighted by molar-refractivity contribution is 0.762. The number of anilines is 1. The molecule has 3 aromatic rings. The molecule has 0 aliphatic carbocycles. The Hall–Kier alpha value is -2.30. The van der Waals surface area contributed by atoms with Gasteiger partial charge in [-0.1, -0.05) is 18.2 Å². The summed E-state index contributed by atoms with van der Waals surface area (Å²) < 4.78 is 3.72. The minimum absolute atomic E-state index is 0.488. The standard InChI is InChI=1S/C12H13N5/c1-8-10-11(16(2)15-8)17(12(13)14-10)9-6-4-3-5-7-9/h3-7H,1-2H3,(H2,13,14). The molecule has 17 heavy (non-hydrogen) atoms. The minimum atomic E-state index is 0.488. The maximum absolute atomic E-state index is 5.98. The Morgan fingerprint density at radius 1 is 1.18 bits per heavy atom. The number of benzene rings is 1. The molecule has 0 saturated carbocycles. The number of nitrogens with two attached hydrogens (primary N) is 1. The Morgan fingerprint density at radius 3 is 2.59 bits per heavy atom. The maximum atomic E-state index is 5.98. The zero-order valence-corrected chi connectivity index (χ0v) is 9.75. The van der Waals surface area contributed by atoms with Gasteiger partial charge in [-0.3, -0.25) is 4.57 Å². The number of nitrogens with zero attached hydrogens (tertiary/aromatic N) is 4. The average Bonchev–Trinajstić information content (AvgIpc) is 2.79. The van der Waals surface area contributed by atoms with Crippen LogP contribution in [0.4, 0.5) is 5.95 Å². The highest BCUT2D eigenvalue weighted by atomic mass is 15.3. The first-order chi connectivity index (χ1) is 8.18. The number of aryl methyl sites for hydroxylation is 2. The summed E-state index contributed by atoms with van der Waals surface area (Å²) in [5.74, 6) is 0.488. The molecule has 5 nitrogen and oxygen atoms in total. The number of nitrogen functional groups attached to an aromatic ring is 1. The van der Waals surface area contributed by atoms with Crippen LogP contribution < -0.4 is 5.73 Å². The van der Waals surface area contributed by atoms with Crippen LogP contribution >= 0.6 is 0 Å². The van der Waals surface area contributed by atoms with Gasteiger partial charge in [0.2, 0.25) is 5.95 Å². The number of aromatic nitrogens is 4. The van der Waals surface area contributed by atoms with Gasteiger partial charge in [0.1, 0.15) is 5.52 Å². The van der Waals surface area contributed by atoms with Gasteiger partial charge in [-0.2, -0.15) is 5.10 Å². The van der Waals surface area contributed by atoms with Crippen LogP contribution in [0.25, 0.3) is 16.9 Å². The molecule has 2 heterocycles. The number of para-hydroxylation sites is 1. The molecule has 0 aliphatic rings. The lowest BCUT2D eigenvalue weighted by atomic mass is 10.3. The Balaban J connectivity index is 2.40. The normalized spacial score (nSPS) is 11.2. The highest BCUT2D eigenvalue weighted by Gasteiger charge is 2.16. The van der Waals surface area contributed by atoms with Crippen molar-refractivity contribution in [3.8, 4) is 5.69 Å². The maximum Gasteiger partial charge on any atom is 0.207 e. The summed E-state index contributed by atoms with van der Waals surface area (Å²) in [6.07, 6.45) is 0. The second kappa shape index (κ2) is 3.35. The fourth-order valence-corrected chi connectivity index (χ4v) is 2.12. The van der Waals surface area contributed by atoms with E-state index in [-0.39, 0.29) is 0 Å². The third-order valence-corrected chi connectivity index (χ3v) is 2.84. The molecule has 2 aromatic heterocycles. The minimum Gasteiger partial charge on any atom is -0.369 e. The van der Waals surface area contributed by atoms with E-state index in [0.29, 0.717) is 5.95 Å². The summed E-state index contributed by atoms with van der Waals surface area (Å²) in [6.45, 7) is 1.93. The Kier molecular flexibility index (Phi) is 1.95. The fourth-order valence-electron chi connectivity index (χ4n) is 2.12. The van der Waals surface area contributed by atoms with Crippen LogP contribution in [0.2, 0.25) is 0 Å². The lowest BCUT2D eigenvalue weighted by Crippen LogP contribution is -2.04. The van der Waals surface area contributed by atoms with Crippen molar-refractivity contribution in [1.82, 2.24) is 19.3 Å². The van der Waals surface area contributed by atoms with Gasteiger partial charge in [-0.25, -0.2) is 9.67 Å². The summed E-state index contributed by atoms with van der Waals surface area (Å²) >= 11 is 0. The number of rotatable bonds is 1. The van der Waals surface area contributed by atoms with Gasteiger partial charge in [-0.05, 0) is 19.1 Å². The molecule has 0 saturated heterocycles. The molecule has 0 aliphatic heterocycles. The SMILES string of the molecule is Cc1nn(C)c2c1nc(N)n2-c1ccccc1. The smallest absolute Gasteiger partial charge is 0.207 e. The molecule has 5 heteroatoms. The van der Waals surface area contributed by atoms with Gasteiger partial charge in [0.15, 0.2) is 5.65 Å². The average molecular weight is 227 g/mol. The molecule has 0 spiro atoms. The molecule has 0 atom stereocenters. The van der Waals surface area contributed by atoms with Gasteiger partial charge < -0.3 is 5.73 Å². The zero-order valence-electron chi connectivity index (χ0n) is 9.75. The molecule has 0 unspecified atom stereocenters. The van der Waals surface area contributed by atoms with Crippen molar-refractivity contribution >= 4 is 17.1 Å². The summed E-state index contributed by atoms with van der Waals surface area (Å²) in [6, 6.07) is 9.93. The van der Waals surface area contributed by atoms with E-state index in [2.05, 4.69) is 10.1 Å². The van der Waals surface area contributed by atoms with Gasteiger partial charge in [0, 0.05) is 7.05 Å². The van der Waals surface area contributed by atoms with E-state index in [4.69, 9.17) is 5.73 Å². The van der Waals surface area contributed by atoms with Crippen molar-refractivity contribution in [3.63, 3.8) is 0 Å². The van der Waals surface area contributed by atoms with Crippen LogP contribution in [0.3, 0.4) is 0 Å². The van der Waals surface area contributed by atoms with Crippen LogP contribution in [0.1, 0.15) is 5.69 Å². The van der Waals surface area contributed by atoms with Crippen LogP contribution in [0.5, 0.6) is 0 Å². The van der Waals surface area contributed by atoms with Crippen LogP contribution in [0, 0.1) is 6.92 Å². The fraction of sp³-hybridized carbons (Fsp3) is 0.167. The second-order valence-electron chi connectivity index (χ2n) is 4.02. The Morgan fingerprint density at radius 2 is 1.88 bits per heavy atom. The number of hydrogen-bond donors (Lipinski definition) is 1. The Labute approximate surface area is 98.5 Å². The first-order valence-electron chi connectivity index (χ1n) is 5.41. The third kappa shape index (κ3) is 1.32. The number of imidazole rings is 1. The van der Waals surface area contributed by atoms with Crippen molar-refractivity contribution < 1.29 is 0 Å². The van der Waals surface area contributed by atoms with E-state index in [1.165, 1.54) is 0 Å². The van der Waals surface area contributed by atoms with E-state index in [9.17, 15) is 0 Å². The third-order valence-electron chi connectivity index (χ3n) is 2.84. The van der Waals surface area contributed by atoms with Crippen molar-refractivity contribution in [3.05, 3.63) is 36.0 Å². The number of hydrogen-bond acceptors (Lipinski definition) is 3. The summed E-state index contributed by atoms with van der Waals surface area (Å²) in [5, 5.41) is 4.36. The quantitative estimate of drug-likeness (QED) is 0.687. The first kappa shape index (κ1) is 9.89. The Bertz CT molecular complexity index is 678. The van der Waals surface area contributed by atoms with Crippen LogP contribution in [-0.2, 0) is 7.05 Å². The molecule has 0 radical (unpaired) electrons. The molecule has 0 fully saturated rings. The molecule has 3 rings (SSSR count). The molecule has 86 valence electrons. The van der Waals surface area contributed by atoms with Crippen molar-refractivity contribution in [1.29, 1.82) is 0 Å². The summed E-state index contributed by atoms with van der Waals surface area (Å²) in [7, 11) is 1.90. The van der Waals surface area contributed by atoms with Gasteiger partial charge in [0.05, 0.1) is 11.4 Å². The first-order valence-corrected chi connectivity index (χ1v) is 5.41. The van der Waals surface area contributed by atoms with Gasteiger partial charge >= 0.3 is 0 Å². The predicted octanol–water partition coefficient (Wildman–Crippen LogP) is 1.65. The topological polar surface area (TPSA) is 61.7 Å². The monoisotopic (exact) mass is 227 g/mol. The highest BCUT2D eigenvalue weighted by molar-refractivity contribution is 5.79. The molecule has 0 bridgehead atoms. The zero-order chi connectivity index (χ0) is 12.0. The number of fused-ring (bicyclic) bond motifs is 1. The van der Waals surface area contributed by atoms with Crippen molar-refractivity contribution in [2.24, 2.45) is 7.05 Å². The molecular weight excluding hydrogens is 214 g/mol.